The number of nitrogens with zero attached hydrogens (tertiary/aromatic N) is 1. The van der Waals surface area contributed by atoms with Crippen molar-refractivity contribution >= 4 is 0 Å². The lowest BCUT2D eigenvalue weighted by molar-refractivity contribution is 0.0864. The molecule has 0 unspecified atom stereocenters. The molecule has 0 saturated heterocycles. The highest BCUT2D eigenvalue weighted by Crippen LogP contribution is 2.04. The van der Waals surface area contributed by atoms with Crippen LogP contribution in [0.2, 0.25) is 0 Å². The van der Waals surface area contributed by atoms with Crippen LogP contribution in [0, 0.1) is 6.92 Å². The van der Waals surface area contributed by atoms with Crippen LogP contribution in [-0.2, 0) is 11.4 Å². The monoisotopic (exact) mass is 142 g/mol. The van der Waals surface area contributed by atoms with Gasteiger partial charge in [-0.25, -0.2) is 0 Å². The normalized spacial score (nSPS) is 10.2. The van der Waals surface area contributed by atoms with Crippen molar-refractivity contribution in [2.24, 2.45) is 0 Å². The predicted octanol–water partition coefficient (Wildman–Crippen LogP) is 0.634. The molecule has 0 fully saturated rings. The van der Waals surface area contributed by atoms with Gasteiger partial charge in [0.1, 0.15) is 5.76 Å². The number of aromatic nitrogens is 1. The van der Waals surface area contributed by atoms with Gasteiger partial charge in [0.2, 0.25) is 0 Å². The SMILES string of the molecule is CONCc1cnoc1C. The van der Waals surface area contributed by atoms with Crippen molar-refractivity contribution in [1.82, 2.24) is 10.6 Å². The second kappa shape index (κ2) is 3.34. The van der Waals surface area contributed by atoms with E-state index in [2.05, 4.69) is 15.5 Å². The predicted molar refractivity (Wildman–Crippen MR) is 35.1 cm³/mol. The molecule has 0 aromatic carbocycles. The van der Waals surface area contributed by atoms with Crippen molar-refractivity contribution in [3.05, 3.63) is 17.5 Å². The molecular formula is C6H10N2O2. The maximum absolute atomic E-state index is 4.82. The summed E-state index contributed by atoms with van der Waals surface area (Å²) in [6, 6.07) is 0. The molecule has 0 radical (unpaired) electrons. The number of rotatable bonds is 3. The lowest BCUT2D eigenvalue weighted by atomic mass is 10.3. The summed E-state index contributed by atoms with van der Waals surface area (Å²) in [5, 5.41) is 3.60. The highest BCUT2D eigenvalue weighted by Gasteiger charge is 2.00. The average Bonchev–Trinajstić information content (AvgIpc) is 2.31. The summed E-state index contributed by atoms with van der Waals surface area (Å²) in [5.41, 5.74) is 3.71. The minimum absolute atomic E-state index is 0.631. The van der Waals surface area contributed by atoms with Crippen LogP contribution in [0.25, 0.3) is 0 Å². The number of hydrogen-bond acceptors (Lipinski definition) is 4. The Morgan fingerprint density at radius 2 is 2.60 bits per heavy atom. The number of aryl methyl sites for hydroxylation is 1. The Morgan fingerprint density at radius 1 is 1.80 bits per heavy atom. The van der Waals surface area contributed by atoms with Crippen LogP contribution in [-0.4, -0.2) is 12.3 Å². The molecule has 1 N–H and O–H groups in total. The summed E-state index contributed by atoms with van der Waals surface area (Å²) in [4.78, 5) is 4.65. The molecule has 0 amide bonds. The smallest absolute Gasteiger partial charge is 0.138 e. The van der Waals surface area contributed by atoms with E-state index < -0.39 is 0 Å². The van der Waals surface area contributed by atoms with Gasteiger partial charge >= 0.3 is 0 Å². The molecule has 1 rings (SSSR count). The molecule has 0 aliphatic rings. The van der Waals surface area contributed by atoms with E-state index in [0.717, 1.165) is 11.3 Å². The first-order valence-electron chi connectivity index (χ1n) is 3.00. The van der Waals surface area contributed by atoms with Crippen LogP contribution in [0.5, 0.6) is 0 Å². The van der Waals surface area contributed by atoms with E-state index >= 15 is 0 Å². The Hall–Kier alpha value is -0.870. The van der Waals surface area contributed by atoms with E-state index in [1.807, 2.05) is 6.92 Å². The summed E-state index contributed by atoms with van der Waals surface area (Å²) in [7, 11) is 1.57. The van der Waals surface area contributed by atoms with Gasteiger partial charge in [0, 0.05) is 5.56 Å². The Labute approximate surface area is 59.1 Å². The summed E-state index contributed by atoms with van der Waals surface area (Å²) >= 11 is 0. The van der Waals surface area contributed by atoms with Gasteiger partial charge in [0.25, 0.3) is 0 Å². The minimum Gasteiger partial charge on any atom is -0.361 e. The van der Waals surface area contributed by atoms with Crippen molar-refractivity contribution in [3.8, 4) is 0 Å². The topological polar surface area (TPSA) is 47.3 Å². The van der Waals surface area contributed by atoms with Crippen LogP contribution in [0.1, 0.15) is 11.3 Å². The molecule has 1 aromatic rings. The fourth-order valence-electron chi connectivity index (χ4n) is 0.639. The molecule has 10 heavy (non-hydrogen) atoms. The molecule has 4 heteroatoms. The number of hydrogen-bond donors (Lipinski definition) is 1. The minimum atomic E-state index is 0.631. The van der Waals surface area contributed by atoms with Gasteiger partial charge in [-0.1, -0.05) is 5.16 Å². The first kappa shape index (κ1) is 7.24. The van der Waals surface area contributed by atoms with Crippen molar-refractivity contribution in [3.63, 3.8) is 0 Å². The molecule has 0 atom stereocenters. The van der Waals surface area contributed by atoms with E-state index in [1.165, 1.54) is 0 Å². The molecule has 1 aromatic heterocycles. The largest absolute Gasteiger partial charge is 0.361 e. The molecular weight excluding hydrogens is 132 g/mol. The summed E-state index contributed by atoms with van der Waals surface area (Å²) in [6.45, 7) is 2.49. The van der Waals surface area contributed by atoms with Crippen LogP contribution in [0.3, 0.4) is 0 Å². The third kappa shape index (κ3) is 1.55. The fraction of sp³-hybridized carbons (Fsp3) is 0.500. The molecule has 0 spiro atoms. The van der Waals surface area contributed by atoms with Gasteiger partial charge in [0.05, 0.1) is 19.9 Å². The molecule has 56 valence electrons. The van der Waals surface area contributed by atoms with Crippen molar-refractivity contribution in [1.29, 1.82) is 0 Å². The Bertz CT molecular complexity index is 197. The summed E-state index contributed by atoms with van der Waals surface area (Å²) in [5.74, 6) is 0.824. The summed E-state index contributed by atoms with van der Waals surface area (Å²) in [6.07, 6.45) is 1.67. The van der Waals surface area contributed by atoms with Crippen molar-refractivity contribution in [2.45, 2.75) is 13.5 Å². The Morgan fingerprint density at radius 3 is 3.10 bits per heavy atom. The van der Waals surface area contributed by atoms with Crippen LogP contribution in [0.15, 0.2) is 10.7 Å². The zero-order chi connectivity index (χ0) is 7.40. The van der Waals surface area contributed by atoms with E-state index in [0.29, 0.717) is 6.54 Å². The lowest BCUT2D eigenvalue weighted by Gasteiger charge is -1.96. The number of hydroxylamine groups is 1. The van der Waals surface area contributed by atoms with Crippen molar-refractivity contribution < 1.29 is 9.36 Å². The second-order valence-corrected chi connectivity index (χ2v) is 1.93. The van der Waals surface area contributed by atoms with Crippen LogP contribution in [0.4, 0.5) is 0 Å². The highest BCUT2D eigenvalue weighted by atomic mass is 16.6. The quantitative estimate of drug-likeness (QED) is 0.629. The zero-order valence-electron chi connectivity index (χ0n) is 6.05. The van der Waals surface area contributed by atoms with Crippen LogP contribution < -0.4 is 5.48 Å². The molecule has 0 saturated carbocycles. The van der Waals surface area contributed by atoms with E-state index in [-0.39, 0.29) is 0 Å². The van der Waals surface area contributed by atoms with E-state index in [4.69, 9.17) is 4.52 Å². The number of nitrogens with one attached hydrogen (secondary N) is 1. The molecule has 0 aliphatic heterocycles. The summed E-state index contributed by atoms with van der Waals surface area (Å²) < 4.78 is 4.82. The van der Waals surface area contributed by atoms with E-state index in [1.54, 1.807) is 13.3 Å². The highest BCUT2D eigenvalue weighted by molar-refractivity contribution is 5.10. The van der Waals surface area contributed by atoms with Gasteiger partial charge < -0.3 is 9.36 Å². The first-order chi connectivity index (χ1) is 4.84. The average molecular weight is 142 g/mol. The first-order valence-corrected chi connectivity index (χ1v) is 3.00. The molecule has 1 heterocycles. The standard InChI is InChI=1S/C6H10N2O2/c1-5-6(3-7-9-2)4-8-10-5/h4,7H,3H2,1-2H3. The van der Waals surface area contributed by atoms with Crippen molar-refractivity contribution in [2.75, 3.05) is 7.11 Å². The zero-order valence-corrected chi connectivity index (χ0v) is 6.05. The van der Waals surface area contributed by atoms with Crippen LogP contribution >= 0.6 is 0 Å². The Kier molecular flexibility index (Phi) is 2.42. The lowest BCUT2D eigenvalue weighted by Crippen LogP contribution is -2.10. The molecule has 0 bridgehead atoms. The molecule has 4 nitrogen and oxygen atoms in total. The molecule has 0 aliphatic carbocycles. The maximum Gasteiger partial charge on any atom is 0.138 e. The van der Waals surface area contributed by atoms with Gasteiger partial charge in [-0.05, 0) is 6.92 Å². The maximum atomic E-state index is 4.82. The Balaban J connectivity index is 2.49. The third-order valence-electron chi connectivity index (χ3n) is 1.26. The van der Waals surface area contributed by atoms with Gasteiger partial charge in [0.15, 0.2) is 0 Å². The second-order valence-electron chi connectivity index (χ2n) is 1.93. The van der Waals surface area contributed by atoms with Gasteiger partial charge in [-0.3, -0.25) is 0 Å². The fourth-order valence-corrected chi connectivity index (χ4v) is 0.639. The van der Waals surface area contributed by atoms with Gasteiger partial charge in [-0.15, -0.1) is 0 Å². The third-order valence-corrected chi connectivity index (χ3v) is 1.26. The van der Waals surface area contributed by atoms with Gasteiger partial charge in [-0.2, -0.15) is 5.48 Å². The van der Waals surface area contributed by atoms with E-state index in [9.17, 15) is 0 Å².